The van der Waals surface area contributed by atoms with Crippen LogP contribution in [0.2, 0.25) is 0 Å². The number of aliphatic hydroxyl groups is 2. The molecule has 11 heteroatoms. The number of carbonyl (C=O) groups excluding carboxylic acids is 1. The zero-order chi connectivity index (χ0) is 24.0. The zero-order valence-corrected chi connectivity index (χ0v) is 17.9. The Morgan fingerprint density at radius 1 is 1.21 bits per heavy atom. The van der Waals surface area contributed by atoms with Crippen molar-refractivity contribution in [3.8, 4) is 11.4 Å². The van der Waals surface area contributed by atoms with Crippen molar-refractivity contribution in [1.82, 2.24) is 19.7 Å². The fraction of sp³-hybridized carbons (Fsp3) is 0.348. The lowest BCUT2D eigenvalue weighted by Crippen LogP contribution is -2.49. The Kier molecular flexibility index (Phi) is 5.53. The van der Waals surface area contributed by atoms with E-state index in [1.165, 1.54) is 35.1 Å². The van der Waals surface area contributed by atoms with Gasteiger partial charge in [0.25, 0.3) is 0 Å². The van der Waals surface area contributed by atoms with Gasteiger partial charge in [0.15, 0.2) is 5.65 Å². The summed E-state index contributed by atoms with van der Waals surface area (Å²) in [6.07, 6.45) is -0.878. The standard InChI is InChI=1S/C23H21F3N4O4/c24-23(25,26)34-16-6-4-15(5-7-16)30-21-19(17(8-9-27-21)18(32)12-31)20(28-30)14-10-29(11-14)22(33)13-2-1-3-13/h2,4-9,14,18,31-32H,1,3,10-12H2/t18-/m1/s1. The van der Waals surface area contributed by atoms with Gasteiger partial charge in [-0.1, -0.05) is 6.08 Å². The van der Waals surface area contributed by atoms with Crippen molar-refractivity contribution in [3.05, 3.63) is 59.4 Å². The third kappa shape index (κ3) is 4.01. The van der Waals surface area contributed by atoms with Crippen LogP contribution in [-0.2, 0) is 4.79 Å². The van der Waals surface area contributed by atoms with Gasteiger partial charge in [-0.05, 0) is 48.7 Å². The van der Waals surface area contributed by atoms with Crippen LogP contribution in [-0.4, -0.2) is 61.8 Å². The Morgan fingerprint density at radius 3 is 2.50 bits per heavy atom. The number of rotatable bonds is 6. The Morgan fingerprint density at radius 2 is 1.91 bits per heavy atom. The average Bonchev–Trinajstić information content (AvgIpc) is 3.10. The number of hydrogen-bond acceptors (Lipinski definition) is 6. The molecule has 0 spiro atoms. The summed E-state index contributed by atoms with van der Waals surface area (Å²) >= 11 is 0. The van der Waals surface area contributed by atoms with Crippen LogP contribution in [0, 0.1) is 0 Å². The molecule has 0 saturated carbocycles. The van der Waals surface area contributed by atoms with Crippen molar-refractivity contribution in [2.45, 2.75) is 31.2 Å². The maximum Gasteiger partial charge on any atom is 0.573 e. The molecule has 1 atom stereocenters. The second-order valence-corrected chi connectivity index (χ2v) is 8.31. The van der Waals surface area contributed by atoms with E-state index in [4.69, 9.17) is 0 Å². The number of allylic oxidation sites excluding steroid dienone is 1. The molecule has 5 rings (SSSR count). The molecule has 2 aromatic heterocycles. The van der Waals surface area contributed by atoms with Gasteiger partial charge in [0.1, 0.15) is 11.9 Å². The Labute approximate surface area is 191 Å². The number of alkyl halides is 3. The zero-order valence-electron chi connectivity index (χ0n) is 17.9. The number of nitrogens with zero attached hydrogens (tertiary/aromatic N) is 4. The molecule has 1 fully saturated rings. The van der Waals surface area contributed by atoms with Gasteiger partial charge in [-0.3, -0.25) is 4.79 Å². The normalized spacial score (nSPS) is 17.2. The van der Waals surface area contributed by atoms with Gasteiger partial charge in [-0.2, -0.15) is 5.10 Å². The van der Waals surface area contributed by atoms with Crippen molar-refractivity contribution in [2.24, 2.45) is 0 Å². The van der Waals surface area contributed by atoms with Crippen molar-refractivity contribution in [1.29, 1.82) is 0 Å². The highest BCUT2D eigenvalue weighted by atomic mass is 19.4. The van der Waals surface area contributed by atoms with Crippen molar-refractivity contribution >= 4 is 16.9 Å². The number of fused-ring (bicyclic) bond motifs is 1. The van der Waals surface area contributed by atoms with Gasteiger partial charge in [0.05, 0.1) is 18.0 Å². The molecule has 0 bridgehead atoms. The summed E-state index contributed by atoms with van der Waals surface area (Å²) < 4.78 is 42.9. The number of amides is 1. The number of benzene rings is 1. The van der Waals surface area contributed by atoms with E-state index in [1.807, 2.05) is 6.08 Å². The van der Waals surface area contributed by atoms with Crippen LogP contribution >= 0.6 is 0 Å². The number of aliphatic hydroxyl groups excluding tert-OH is 2. The van der Waals surface area contributed by atoms with E-state index in [-0.39, 0.29) is 17.6 Å². The molecule has 3 heterocycles. The lowest BCUT2D eigenvalue weighted by atomic mass is 9.89. The summed E-state index contributed by atoms with van der Waals surface area (Å²) in [5.74, 6) is -0.467. The smallest absolute Gasteiger partial charge is 0.406 e. The van der Waals surface area contributed by atoms with E-state index in [0.29, 0.717) is 41.1 Å². The van der Waals surface area contributed by atoms with Crippen LogP contribution in [0.1, 0.15) is 36.1 Å². The Hall–Kier alpha value is -3.44. The largest absolute Gasteiger partial charge is 0.573 e. The van der Waals surface area contributed by atoms with Crippen molar-refractivity contribution in [3.63, 3.8) is 0 Å². The molecule has 1 saturated heterocycles. The topological polar surface area (TPSA) is 101 Å². The minimum Gasteiger partial charge on any atom is -0.406 e. The summed E-state index contributed by atoms with van der Waals surface area (Å²) in [5, 5.41) is 25.2. The van der Waals surface area contributed by atoms with Crippen LogP contribution < -0.4 is 4.74 Å². The number of pyridine rings is 1. The van der Waals surface area contributed by atoms with E-state index in [2.05, 4.69) is 14.8 Å². The van der Waals surface area contributed by atoms with Gasteiger partial charge >= 0.3 is 6.36 Å². The highest BCUT2D eigenvalue weighted by Gasteiger charge is 2.38. The van der Waals surface area contributed by atoms with Gasteiger partial charge in [-0.15, -0.1) is 13.2 Å². The van der Waals surface area contributed by atoms with E-state index < -0.39 is 19.1 Å². The maximum atomic E-state index is 12.5. The molecule has 1 aromatic carbocycles. The van der Waals surface area contributed by atoms with E-state index >= 15 is 0 Å². The fourth-order valence-electron chi connectivity index (χ4n) is 4.23. The van der Waals surface area contributed by atoms with Crippen molar-refractivity contribution in [2.75, 3.05) is 19.7 Å². The van der Waals surface area contributed by atoms with E-state index in [9.17, 15) is 28.2 Å². The Balaban J connectivity index is 1.52. The number of hydrogen-bond donors (Lipinski definition) is 2. The molecule has 1 aliphatic carbocycles. The van der Waals surface area contributed by atoms with Crippen molar-refractivity contribution < 1.29 is 32.9 Å². The molecule has 178 valence electrons. The Bertz CT molecular complexity index is 1260. The second-order valence-electron chi connectivity index (χ2n) is 8.31. The summed E-state index contributed by atoms with van der Waals surface area (Å²) in [7, 11) is 0. The number of aromatic nitrogens is 3. The molecule has 34 heavy (non-hydrogen) atoms. The average molecular weight is 474 g/mol. The summed E-state index contributed by atoms with van der Waals surface area (Å²) in [6, 6.07) is 6.80. The molecule has 2 N–H and O–H groups in total. The molecule has 0 unspecified atom stereocenters. The quantitative estimate of drug-likeness (QED) is 0.570. The first-order chi connectivity index (χ1) is 16.2. The molecule has 0 radical (unpaired) electrons. The number of carbonyl (C=O) groups is 1. The van der Waals surface area contributed by atoms with E-state index in [1.54, 1.807) is 11.0 Å². The minimum absolute atomic E-state index is 0.0141. The first kappa shape index (κ1) is 22.4. The summed E-state index contributed by atoms with van der Waals surface area (Å²) in [5.41, 5.74) is 2.69. The number of halogens is 3. The predicted molar refractivity (Wildman–Crippen MR) is 114 cm³/mol. The van der Waals surface area contributed by atoms with Crippen LogP contribution in [0.25, 0.3) is 16.7 Å². The molecule has 1 aliphatic heterocycles. The molecule has 1 amide bonds. The van der Waals surface area contributed by atoms with E-state index in [0.717, 1.165) is 18.4 Å². The minimum atomic E-state index is -4.80. The van der Waals surface area contributed by atoms with Gasteiger partial charge in [0, 0.05) is 36.2 Å². The predicted octanol–water partition coefficient (Wildman–Crippen LogP) is 2.99. The van der Waals surface area contributed by atoms with Gasteiger partial charge < -0.3 is 19.8 Å². The van der Waals surface area contributed by atoms with Crippen LogP contribution in [0.4, 0.5) is 13.2 Å². The van der Waals surface area contributed by atoms with Gasteiger partial charge in [-0.25, -0.2) is 9.67 Å². The summed E-state index contributed by atoms with van der Waals surface area (Å²) in [4.78, 5) is 18.6. The molecule has 3 aromatic rings. The van der Waals surface area contributed by atoms with Crippen LogP contribution in [0.5, 0.6) is 5.75 Å². The monoisotopic (exact) mass is 474 g/mol. The second kappa shape index (κ2) is 8.41. The number of ether oxygens (including phenoxy) is 1. The fourth-order valence-corrected chi connectivity index (χ4v) is 4.23. The molecular weight excluding hydrogens is 453 g/mol. The van der Waals surface area contributed by atoms with Crippen LogP contribution in [0.3, 0.4) is 0 Å². The third-order valence-electron chi connectivity index (χ3n) is 6.11. The first-order valence-electron chi connectivity index (χ1n) is 10.8. The lowest BCUT2D eigenvalue weighted by molar-refractivity contribution is -0.274. The maximum absolute atomic E-state index is 12.5. The molecule has 8 nitrogen and oxygen atoms in total. The van der Waals surface area contributed by atoms with Crippen LogP contribution in [0.15, 0.2) is 48.2 Å². The lowest BCUT2D eigenvalue weighted by Gasteiger charge is -2.40. The highest BCUT2D eigenvalue weighted by molar-refractivity contribution is 5.95. The summed E-state index contributed by atoms with van der Waals surface area (Å²) in [6.45, 7) is 0.394. The number of likely N-dealkylation sites (tertiary alicyclic amines) is 1. The first-order valence-corrected chi connectivity index (χ1v) is 10.8. The van der Waals surface area contributed by atoms with Gasteiger partial charge in [0.2, 0.25) is 5.91 Å². The third-order valence-corrected chi connectivity index (χ3v) is 6.11. The molecular formula is C23H21F3N4O4. The SMILES string of the molecule is O=C(C1=CCC1)N1CC(c2nn(-c3ccc(OC(F)(F)F)cc3)c3nccc([C@H](O)CO)c23)C1. The highest BCUT2D eigenvalue weighted by Crippen LogP contribution is 2.37. The molecule has 2 aliphatic rings.